The van der Waals surface area contributed by atoms with Crippen molar-refractivity contribution in [3.05, 3.63) is 119 Å². The molecule has 0 amide bonds. The number of halogens is 2. The number of aromatic nitrogens is 4. The first-order chi connectivity index (χ1) is 22.8. The quantitative estimate of drug-likeness (QED) is 0.183. The molecule has 240 valence electrons. The number of aromatic amines is 2. The minimum Gasteiger partial charge on any atom is -0.481 e. The Labute approximate surface area is 268 Å². The number of aryl methyl sites for hydroxylation is 2. The molecule has 47 heavy (non-hydrogen) atoms. The number of nitrogens with zero attached hydrogens (tertiary/aromatic N) is 2. The Hall–Kier alpha value is -5.29. The van der Waals surface area contributed by atoms with Gasteiger partial charge in [0.1, 0.15) is 23.2 Å². The number of benzene rings is 3. The molecule has 6 bridgehead atoms. The van der Waals surface area contributed by atoms with Gasteiger partial charge >= 0.3 is 5.97 Å². The molecule has 3 aromatic carbocycles. The number of hydrogen-bond acceptors (Lipinski definition) is 6. The van der Waals surface area contributed by atoms with E-state index in [0.29, 0.717) is 67.3 Å². The molecule has 0 aliphatic carbocycles. The van der Waals surface area contributed by atoms with Crippen LogP contribution in [0.15, 0.2) is 77.6 Å². The van der Waals surface area contributed by atoms with Gasteiger partial charge in [0.15, 0.2) is 17.5 Å². The number of fused-ring (bicyclic) bond motifs is 10. The molecule has 0 fully saturated rings. The minimum atomic E-state index is -0.964. The van der Waals surface area contributed by atoms with Crippen molar-refractivity contribution in [2.24, 2.45) is 0 Å². The predicted molar refractivity (Wildman–Crippen MR) is 170 cm³/mol. The van der Waals surface area contributed by atoms with E-state index in [1.54, 1.807) is 18.6 Å². The van der Waals surface area contributed by atoms with Crippen LogP contribution < -0.4 is 4.74 Å². The van der Waals surface area contributed by atoms with Crippen molar-refractivity contribution in [3.63, 3.8) is 0 Å². The minimum absolute atomic E-state index is 0.0110. The normalized spacial score (nSPS) is 16.9. The van der Waals surface area contributed by atoms with Crippen LogP contribution >= 0.6 is 0 Å². The predicted octanol–water partition coefficient (Wildman–Crippen LogP) is 7.49. The van der Waals surface area contributed by atoms with E-state index < -0.39 is 23.0 Å². The molecule has 1 atom stereocenters. The number of imidazole rings is 1. The van der Waals surface area contributed by atoms with Gasteiger partial charge < -0.3 is 29.0 Å². The van der Waals surface area contributed by atoms with Gasteiger partial charge in [0.25, 0.3) is 0 Å². The topological polar surface area (TPSA) is 126 Å². The van der Waals surface area contributed by atoms with Gasteiger partial charge in [-0.3, -0.25) is 4.79 Å². The van der Waals surface area contributed by atoms with Crippen LogP contribution in [-0.2, 0) is 34.2 Å². The molecule has 0 radical (unpaired) electrons. The van der Waals surface area contributed by atoms with E-state index in [2.05, 4.69) is 19.9 Å². The van der Waals surface area contributed by atoms with Gasteiger partial charge in [-0.2, -0.15) is 0 Å². The number of nitrogens with one attached hydrogen (secondary N) is 2. The second-order valence-corrected chi connectivity index (χ2v) is 11.8. The number of aliphatic carboxylic acids is 1. The molecular weight excluding hydrogens is 606 g/mol. The molecule has 1 unspecified atom stereocenters. The Bertz CT molecular complexity index is 2080. The third-order valence-corrected chi connectivity index (χ3v) is 8.75. The molecule has 0 saturated carbocycles. The number of carbonyl (C=O) groups is 1. The SMILES string of the molecule is CC1(c2cccc(CCC(=O)O)c2)c2cnc([nH]2)-c2cc(ccc2F)Oc2c(F)cc3[nH]ccc3c2CCCOCCc2ncc1o2. The van der Waals surface area contributed by atoms with E-state index in [0.717, 1.165) is 16.5 Å². The highest BCUT2D eigenvalue weighted by Gasteiger charge is 2.37. The fourth-order valence-corrected chi connectivity index (χ4v) is 6.15. The number of oxazole rings is 1. The maximum Gasteiger partial charge on any atom is 0.303 e. The summed E-state index contributed by atoms with van der Waals surface area (Å²) in [5.41, 5.74) is 2.76. The summed E-state index contributed by atoms with van der Waals surface area (Å²) in [6, 6.07) is 15.1. The molecule has 6 aromatic rings. The third-order valence-electron chi connectivity index (χ3n) is 8.75. The van der Waals surface area contributed by atoms with Gasteiger partial charge in [-0.15, -0.1) is 0 Å². The van der Waals surface area contributed by atoms with Crippen molar-refractivity contribution in [2.75, 3.05) is 13.2 Å². The van der Waals surface area contributed by atoms with Gasteiger partial charge in [0.2, 0.25) is 0 Å². The molecule has 0 spiro atoms. The standard InChI is InChI=1S/C36H32F2N4O5/c1-36(22-5-2-4-21(16-22)7-10-33(43)44)30-19-41-35(42-30)26-17-23(8-9-27(26)37)46-34-25(24-11-13-39-29(24)18-28(34)38)6-3-14-45-15-12-32-40-20-31(36)47-32/h2,4-5,8-9,11,13,16-20,39H,3,6-7,10,12,14-15H2,1H3,(H,41,42)(H,43,44). The summed E-state index contributed by atoms with van der Waals surface area (Å²) in [7, 11) is 0. The number of carboxylic acids is 1. The second kappa shape index (κ2) is 12.5. The van der Waals surface area contributed by atoms with Crippen LogP contribution in [0.2, 0.25) is 0 Å². The second-order valence-electron chi connectivity index (χ2n) is 11.8. The zero-order chi connectivity index (χ0) is 32.5. The molecule has 7 rings (SSSR count). The zero-order valence-electron chi connectivity index (χ0n) is 25.6. The first kappa shape index (κ1) is 30.4. The van der Waals surface area contributed by atoms with Crippen molar-refractivity contribution < 1.29 is 32.6 Å². The fraction of sp³-hybridized carbons (Fsp3) is 0.250. The molecular formula is C36H32F2N4O5. The number of rotatable bonds is 4. The van der Waals surface area contributed by atoms with Crippen molar-refractivity contribution in [1.82, 2.24) is 19.9 Å². The lowest BCUT2D eigenvalue weighted by Gasteiger charge is -2.27. The first-order valence-corrected chi connectivity index (χ1v) is 15.5. The molecule has 3 aromatic heterocycles. The van der Waals surface area contributed by atoms with Gasteiger partial charge in [-0.05, 0) is 61.6 Å². The first-order valence-electron chi connectivity index (χ1n) is 15.5. The summed E-state index contributed by atoms with van der Waals surface area (Å²) in [5.74, 6) is -0.381. The van der Waals surface area contributed by atoms with Crippen molar-refractivity contribution in [2.45, 2.75) is 44.4 Å². The van der Waals surface area contributed by atoms with Crippen LogP contribution in [0.25, 0.3) is 22.3 Å². The molecule has 9 nitrogen and oxygen atoms in total. The highest BCUT2D eigenvalue weighted by atomic mass is 19.1. The van der Waals surface area contributed by atoms with Crippen LogP contribution in [0, 0.1) is 11.6 Å². The smallest absolute Gasteiger partial charge is 0.303 e. The molecule has 0 saturated heterocycles. The van der Waals surface area contributed by atoms with E-state index in [1.165, 1.54) is 24.3 Å². The van der Waals surface area contributed by atoms with Crippen LogP contribution in [0.5, 0.6) is 11.5 Å². The van der Waals surface area contributed by atoms with Crippen molar-refractivity contribution in [1.29, 1.82) is 0 Å². The third kappa shape index (κ3) is 5.90. The van der Waals surface area contributed by atoms with Gasteiger partial charge in [0, 0.05) is 48.2 Å². The Morgan fingerprint density at radius 3 is 2.79 bits per heavy atom. The van der Waals surface area contributed by atoms with Gasteiger partial charge in [-0.1, -0.05) is 24.3 Å². The molecule has 4 heterocycles. The largest absolute Gasteiger partial charge is 0.481 e. The van der Waals surface area contributed by atoms with E-state index >= 15 is 8.78 Å². The summed E-state index contributed by atoms with van der Waals surface area (Å²) >= 11 is 0. The van der Waals surface area contributed by atoms with Crippen LogP contribution in [0.1, 0.15) is 53.8 Å². The van der Waals surface area contributed by atoms with E-state index in [1.807, 2.05) is 37.3 Å². The fourth-order valence-electron chi connectivity index (χ4n) is 6.15. The number of H-pyrrole nitrogens is 2. The Balaban J connectivity index is 1.34. The van der Waals surface area contributed by atoms with E-state index in [-0.39, 0.29) is 29.3 Å². The Kier molecular flexibility index (Phi) is 8.07. The maximum absolute atomic E-state index is 15.5. The summed E-state index contributed by atoms with van der Waals surface area (Å²) in [6.07, 6.45) is 6.91. The maximum atomic E-state index is 15.5. The summed E-state index contributed by atoms with van der Waals surface area (Å²) in [6.45, 7) is 2.74. The van der Waals surface area contributed by atoms with Crippen molar-refractivity contribution >= 4 is 16.9 Å². The Morgan fingerprint density at radius 2 is 1.91 bits per heavy atom. The highest BCUT2D eigenvalue weighted by Crippen LogP contribution is 2.41. The number of ether oxygens (including phenoxy) is 2. The van der Waals surface area contributed by atoms with Crippen LogP contribution in [0.3, 0.4) is 0 Å². The lowest BCUT2D eigenvalue weighted by Crippen LogP contribution is -2.25. The monoisotopic (exact) mass is 638 g/mol. The van der Waals surface area contributed by atoms with E-state index in [4.69, 9.17) is 13.9 Å². The van der Waals surface area contributed by atoms with Gasteiger partial charge in [0.05, 0.1) is 35.7 Å². The lowest BCUT2D eigenvalue weighted by atomic mass is 9.77. The zero-order valence-corrected chi connectivity index (χ0v) is 25.6. The van der Waals surface area contributed by atoms with E-state index in [9.17, 15) is 9.90 Å². The summed E-state index contributed by atoms with van der Waals surface area (Å²) in [4.78, 5) is 26.7. The Morgan fingerprint density at radius 1 is 1.02 bits per heavy atom. The van der Waals surface area contributed by atoms with Crippen LogP contribution in [0.4, 0.5) is 8.78 Å². The highest BCUT2D eigenvalue weighted by molar-refractivity contribution is 5.85. The molecule has 1 aliphatic heterocycles. The lowest BCUT2D eigenvalue weighted by molar-refractivity contribution is -0.136. The van der Waals surface area contributed by atoms with Crippen molar-refractivity contribution in [3.8, 4) is 22.9 Å². The number of carboxylic acid groups (broad SMARTS) is 1. The molecule has 11 heteroatoms. The average Bonchev–Trinajstić information content (AvgIpc) is 3.85. The average molecular weight is 639 g/mol. The summed E-state index contributed by atoms with van der Waals surface area (Å²) < 4.78 is 49.3. The molecule has 1 aliphatic rings. The summed E-state index contributed by atoms with van der Waals surface area (Å²) in [5, 5.41) is 10.1. The molecule has 3 N–H and O–H groups in total. The van der Waals surface area contributed by atoms with Gasteiger partial charge in [-0.25, -0.2) is 18.7 Å². The van der Waals surface area contributed by atoms with Crippen LogP contribution in [-0.4, -0.2) is 44.2 Å². The number of hydrogen-bond donors (Lipinski definition) is 3.